The van der Waals surface area contributed by atoms with Crippen LogP contribution in [-0.2, 0) is 11.3 Å². The number of hydrogen-bond acceptors (Lipinski definition) is 4. The first-order chi connectivity index (χ1) is 13.5. The molecule has 4 rings (SSSR count). The molecular formula is C21H13Br2NO3S. The molecule has 2 aromatic carbocycles. The molecular weight excluding hydrogens is 506 g/mol. The van der Waals surface area contributed by atoms with Crippen LogP contribution < -0.4 is 0 Å². The van der Waals surface area contributed by atoms with Gasteiger partial charge in [-0.3, -0.25) is 14.5 Å². The third-order valence-electron chi connectivity index (χ3n) is 4.17. The van der Waals surface area contributed by atoms with Gasteiger partial charge >= 0.3 is 0 Å². The van der Waals surface area contributed by atoms with E-state index >= 15 is 0 Å². The van der Waals surface area contributed by atoms with Crippen LogP contribution in [0.25, 0.3) is 17.4 Å². The van der Waals surface area contributed by atoms with Crippen molar-refractivity contribution >= 4 is 60.8 Å². The van der Waals surface area contributed by atoms with Gasteiger partial charge in [0.1, 0.15) is 11.5 Å². The molecule has 4 nitrogen and oxygen atoms in total. The van der Waals surface area contributed by atoms with Gasteiger partial charge in [0, 0.05) is 20.6 Å². The number of furan rings is 1. The monoisotopic (exact) mass is 517 g/mol. The van der Waals surface area contributed by atoms with E-state index in [1.54, 1.807) is 12.1 Å². The average Bonchev–Trinajstić information content (AvgIpc) is 3.24. The van der Waals surface area contributed by atoms with Crippen LogP contribution in [0.1, 0.15) is 11.3 Å². The van der Waals surface area contributed by atoms with Crippen molar-refractivity contribution < 1.29 is 14.0 Å². The molecule has 2 heterocycles. The quantitative estimate of drug-likeness (QED) is 0.360. The maximum absolute atomic E-state index is 12.7. The molecule has 0 radical (unpaired) electrons. The van der Waals surface area contributed by atoms with Gasteiger partial charge in [-0.15, -0.1) is 0 Å². The van der Waals surface area contributed by atoms with Gasteiger partial charge in [0.2, 0.25) is 0 Å². The summed E-state index contributed by atoms with van der Waals surface area (Å²) in [6, 6.07) is 18.9. The third kappa shape index (κ3) is 4.01. The minimum atomic E-state index is -0.314. The van der Waals surface area contributed by atoms with Crippen LogP contribution in [0.2, 0.25) is 0 Å². The Bertz CT molecular complexity index is 1110. The zero-order chi connectivity index (χ0) is 19.7. The normalized spacial score (nSPS) is 15.6. The highest BCUT2D eigenvalue weighted by Crippen LogP contribution is 2.35. The lowest BCUT2D eigenvalue weighted by Crippen LogP contribution is -2.27. The molecule has 140 valence electrons. The van der Waals surface area contributed by atoms with Crippen molar-refractivity contribution in [1.82, 2.24) is 4.90 Å². The molecule has 28 heavy (non-hydrogen) atoms. The maximum atomic E-state index is 12.7. The Kier molecular flexibility index (Phi) is 5.57. The van der Waals surface area contributed by atoms with Gasteiger partial charge in [0.25, 0.3) is 11.1 Å². The van der Waals surface area contributed by atoms with Crippen LogP contribution >= 0.6 is 43.6 Å². The van der Waals surface area contributed by atoms with E-state index in [0.29, 0.717) is 16.4 Å². The number of hydrogen-bond donors (Lipinski definition) is 0. The summed E-state index contributed by atoms with van der Waals surface area (Å²) < 4.78 is 7.66. The molecule has 1 aliphatic rings. The Labute approximate surface area is 182 Å². The van der Waals surface area contributed by atoms with E-state index in [9.17, 15) is 9.59 Å². The van der Waals surface area contributed by atoms with Gasteiger partial charge in [0.15, 0.2) is 0 Å². The van der Waals surface area contributed by atoms with Crippen LogP contribution in [0.3, 0.4) is 0 Å². The minimum absolute atomic E-state index is 0.227. The van der Waals surface area contributed by atoms with Crippen molar-refractivity contribution in [3.8, 4) is 11.3 Å². The number of thioether (sulfide) groups is 1. The van der Waals surface area contributed by atoms with Crippen LogP contribution in [0.4, 0.5) is 4.79 Å². The molecule has 3 aromatic rings. The fourth-order valence-corrected chi connectivity index (χ4v) is 4.42. The molecule has 2 amide bonds. The molecule has 0 atom stereocenters. The number of rotatable bonds is 4. The Morgan fingerprint density at radius 1 is 1.00 bits per heavy atom. The predicted molar refractivity (Wildman–Crippen MR) is 118 cm³/mol. The second-order valence-corrected chi connectivity index (χ2v) is 8.83. The van der Waals surface area contributed by atoms with Gasteiger partial charge in [-0.2, -0.15) is 0 Å². The summed E-state index contributed by atoms with van der Waals surface area (Å²) in [7, 11) is 0. The highest BCUT2D eigenvalue weighted by molar-refractivity contribution is 9.10. The Morgan fingerprint density at radius 2 is 1.82 bits per heavy atom. The minimum Gasteiger partial charge on any atom is -0.457 e. The van der Waals surface area contributed by atoms with E-state index in [-0.39, 0.29) is 17.7 Å². The number of amides is 2. The van der Waals surface area contributed by atoms with Crippen molar-refractivity contribution in [3.63, 3.8) is 0 Å². The SMILES string of the molecule is O=C1S/C(=C\c2ccc(-c3cccc(Br)c3)o2)C(=O)N1Cc1ccccc1Br. The lowest BCUT2D eigenvalue weighted by Gasteiger charge is -2.13. The zero-order valence-electron chi connectivity index (χ0n) is 14.4. The Balaban J connectivity index is 1.55. The molecule has 1 fully saturated rings. The molecule has 0 unspecified atom stereocenters. The summed E-state index contributed by atoms with van der Waals surface area (Å²) in [4.78, 5) is 26.7. The number of halogens is 2. The highest BCUT2D eigenvalue weighted by Gasteiger charge is 2.35. The van der Waals surface area contributed by atoms with Gasteiger partial charge in [-0.25, -0.2) is 0 Å². The second-order valence-electron chi connectivity index (χ2n) is 6.07. The fourth-order valence-electron chi connectivity index (χ4n) is 2.79. The topological polar surface area (TPSA) is 50.5 Å². The molecule has 0 spiro atoms. The van der Waals surface area contributed by atoms with E-state index in [0.717, 1.165) is 31.8 Å². The molecule has 0 saturated carbocycles. The number of carbonyl (C=O) groups excluding carboxylic acids is 2. The zero-order valence-corrected chi connectivity index (χ0v) is 18.4. The number of carbonyl (C=O) groups is 2. The summed E-state index contributed by atoms with van der Waals surface area (Å²) in [6.45, 7) is 0.227. The Morgan fingerprint density at radius 3 is 2.61 bits per heavy atom. The summed E-state index contributed by atoms with van der Waals surface area (Å²) >= 11 is 7.82. The van der Waals surface area contributed by atoms with Crippen LogP contribution in [0.5, 0.6) is 0 Å². The lowest BCUT2D eigenvalue weighted by atomic mass is 10.2. The Hall–Kier alpha value is -2.09. The highest BCUT2D eigenvalue weighted by atomic mass is 79.9. The third-order valence-corrected chi connectivity index (χ3v) is 6.34. The van der Waals surface area contributed by atoms with E-state index in [1.807, 2.05) is 54.6 Å². The van der Waals surface area contributed by atoms with Gasteiger partial charge in [-0.1, -0.05) is 62.2 Å². The standard InChI is InChI=1S/C21H13Br2NO3S/c22-15-6-3-5-13(10-15)18-9-8-16(27-18)11-19-20(25)24(21(26)28-19)12-14-4-1-2-7-17(14)23/h1-11H,12H2/b19-11-. The summed E-state index contributed by atoms with van der Waals surface area (Å²) in [5, 5.41) is -0.286. The molecule has 1 aromatic heterocycles. The summed E-state index contributed by atoms with van der Waals surface area (Å²) in [5.74, 6) is 0.910. The van der Waals surface area contributed by atoms with Gasteiger partial charge < -0.3 is 4.42 Å². The first-order valence-corrected chi connectivity index (χ1v) is 10.8. The molecule has 0 N–H and O–H groups in total. The van der Waals surface area contributed by atoms with Crippen molar-refractivity contribution in [2.45, 2.75) is 6.54 Å². The van der Waals surface area contributed by atoms with Crippen LogP contribution in [-0.4, -0.2) is 16.0 Å². The summed E-state index contributed by atoms with van der Waals surface area (Å²) in [5.41, 5.74) is 1.80. The predicted octanol–water partition coefficient (Wildman–Crippen LogP) is 6.71. The van der Waals surface area contributed by atoms with Crippen LogP contribution in [0, 0.1) is 0 Å². The lowest BCUT2D eigenvalue weighted by molar-refractivity contribution is -0.123. The average molecular weight is 519 g/mol. The maximum Gasteiger partial charge on any atom is 0.293 e. The van der Waals surface area contributed by atoms with Gasteiger partial charge in [0.05, 0.1) is 11.4 Å². The number of nitrogens with zero attached hydrogens (tertiary/aromatic N) is 1. The number of imide groups is 1. The van der Waals surface area contributed by atoms with E-state index in [4.69, 9.17) is 4.42 Å². The molecule has 1 aliphatic heterocycles. The summed E-state index contributed by atoms with van der Waals surface area (Å²) in [6.07, 6.45) is 1.62. The van der Waals surface area contributed by atoms with Crippen molar-refractivity contribution in [2.75, 3.05) is 0 Å². The second kappa shape index (κ2) is 8.11. The molecule has 7 heteroatoms. The first-order valence-electron chi connectivity index (χ1n) is 8.36. The first kappa shape index (κ1) is 19.2. The molecule has 1 saturated heterocycles. The van der Waals surface area contributed by atoms with Crippen molar-refractivity contribution in [3.05, 3.63) is 85.8 Å². The number of benzene rings is 2. The molecule has 0 aliphatic carbocycles. The van der Waals surface area contributed by atoms with E-state index < -0.39 is 0 Å². The van der Waals surface area contributed by atoms with E-state index in [2.05, 4.69) is 31.9 Å². The van der Waals surface area contributed by atoms with Gasteiger partial charge in [-0.05, 0) is 47.7 Å². The smallest absolute Gasteiger partial charge is 0.293 e. The van der Waals surface area contributed by atoms with Crippen molar-refractivity contribution in [2.24, 2.45) is 0 Å². The largest absolute Gasteiger partial charge is 0.457 e. The van der Waals surface area contributed by atoms with E-state index in [1.165, 1.54) is 4.90 Å². The van der Waals surface area contributed by atoms with Crippen LogP contribution in [0.15, 0.2) is 78.9 Å². The van der Waals surface area contributed by atoms with Crippen molar-refractivity contribution in [1.29, 1.82) is 0 Å². The molecule has 0 bridgehead atoms. The fraction of sp³-hybridized carbons (Fsp3) is 0.0476.